The molecule has 0 bridgehead atoms. The standard InChI is InChI=1S/C7H4BrFO2/c8-6-2-1-4(9)3-5(6)7(10)11/h1-3H,(H,10,11)/i7+2. The van der Waals surface area contributed by atoms with Gasteiger partial charge >= 0.3 is 5.97 Å². The molecule has 0 saturated carbocycles. The van der Waals surface area contributed by atoms with Crippen molar-refractivity contribution in [2.45, 2.75) is 0 Å². The van der Waals surface area contributed by atoms with Crippen LogP contribution in [0.25, 0.3) is 0 Å². The Morgan fingerprint density at radius 2 is 2.18 bits per heavy atom. The van der Waals surface area contributed by atoms with Gasteiger partial charge in [-0.1, -0.05) is 0 Å². The molecule has 0 fully saturated rings. The van der Waals surface area contributed by atoms with Crippen molar-refractivity contribution in [2.24, 2.45) is 0 Å². The van der Waals surface area contributed by atoms with E-state index in [9.17, 15) is 9.18 Å². The SMILES string of the molecule is O=[14C](O)c1cc(F)ccc1Br. The summed E-state index contributed by atoms with van der Waals surface area (Å²) < 4.78 is 12.8. The Morgan fingerprint density at radius 1 is 1.55 bits per heavy atom. The lowest BCUT2D eigenvalue weighted by Gasteiger charge is -1.96. The fraction of sp³-hybridized carbons (Fsp3) is 0. The van der Waals surface area contributed by atoms with Gasteiger partial charge in [0.2, 0.25) is 0 Å². The van der Waals surface area contributed by atoms with Gasteiger partial charge in [0.15, 0.2) is 0 Å². The van der Waals surface area contributed by atoms with Crippen molar-refractivity contribution in [3.8, 4) is 0 Å². The van der Waals surface area contributed by atoms with Gasteiger partial charge in [-0.05, 0) is 34.1 Å². The van der Waals surface area contributed by atoms with E-state index in [4.69, 9.17) is 5.11 Å². The van der Waals surface area contributed by atoms with Crippen LogP contribution in [-0.2, 0) is 0 Å². The first-order valence-corrected chi connectivity index (χ1v) is 3.59. The maximum absolute atomic E-state index is 12.4. The molecular formula is C7H4BrFO2. The highest BCUT2D eigenvalue weighted by Crippen LogP contribution is 2.17. The van der Waals surface area contributed by atoms with E-state index in [-0.39, 0.29) is 5.56 Å². The van der Waals surface area contributed by atoms with Crippen LogP contribution >= 0.6 is 15.9 Å². The average molecular weight is 221 g/mol. The summed E-state index contributed by atoms with van der Waals surface area (Å²) in [4.78, 5) is 10.4. The Hall–Kier alpha value is -0.900. The Morgan fingerprint density at radius 3 is 2.64 bits per heavy atom. The van der Waals surface area contributed by atoms with E-state index in [1.807, 2.05) is 0 Å². The number of carbonyl (C=O) groups is 1. The molecule has 0 amide bonds. The van der Waals surface area contributed by atoms with Crippen molar-refractivity contribution in [2.75, 3.05) is 0 Å². The molecule has 1 rings (SSSR count). The highest BCUT2D eigenvalue weighted by Gasteiger charge is 2.07. The second-order valence-electron chi connectivity index (χ2n) is 1.93. The number of hydrogen-bond donors (Lipinski definition) is 1. The zero-order chi connectivity index (χ0) is 8.43. The number of benzene rings is 1. The van der Waals surface area contributed by atoms with Crippen molar-refractivity contribution in [1.82, 2.24) is 0 Å². The Labute approximate surface area is 70.8 Å². The number of halogens is 2. The summed E-state index contributed by atoms with van der Waals surface area (Å²) in [5.74, 6) is -1.69. The predicted octanol–water partition coefficient (Wildman–Crippen LogP) is 2.29. The zero-order valence-electron chi connectivity index (χ0n) is 5.34. The number of aromatic carboxylic acids is 1. The van der Waals surface area contributed by atoms with Crippen LogP contribution in [0.1, 0.15) is 10.4 Å². The molecule has 0 saturated heterocycles. The minimum absolute atomic E-state index is 0.0648. The fourth-order valence-electron chi connectivity index (χ4n) is 0.661. The molecular weight excluding hydrogens is 217 g/mol. The van der Waals surface area contributed by atoms with Crippen molar-refractivity contribution >= 4 is 21.9 Å². The summed E-state index contributed by atoms with van der Waals surface area (Å²) >= 11 is 2.98. The van der Waals surface area contributed by atoms with Crippen LogP contribution in [0.4, 0.5) is 4.39 Å². The quantitative estimate of drug-likeness (QED) is 0.789. The highest BCUT2D eigenvalue weighted by molar-refractivity contribution is 9.10. The van der Waals surface area contributed by atoms with E-state index < -0.39 is 11.8 Å². The highest BCUT2D eigenvalue weighted by atomic mass is 79.9. The van der Waals surface area contributed by atoms with Gasteiger partial charge < -0.3 is 5.11 Å². The van der Waals surface area contributed by atoms with E-state index in [1.165, 1.54) is 12.1 Å². The number of hydrogen-bond acceptors (Lipinski definition) is 1. The third kappa shape index (κ3) is 1.77. The molecule has 1 aromatic carbocycles. The van der Waals surface area contributed by atoms with Gasteiger partial charge in [0, 0.05) is 4.47 Å². The molecule has 0 aliphatic carbocycles. The lowest BCUT2D eigenvalue weighted by molar-refractivity contribution is 0.0695. The molecule has 0 atom stereocenters. The molecule has 0 aromatic heterocycles. The van der Waals surface area contributed by atoms with Crippen LogP contribution in [0.2, 0.25) is 0 Å². The van der Waals surface area contributed by atoms with E-state index in [2.05, 4.69) is 15.9 Å². The third-order valence-electron chi connectivity index (χ3n) is 1.16. The third-order valence-corrected chi connectivity index (χ3v) is 1.85. The molecule has 1 N–H and O–H groups in total. The largest absolute Gasteiger partial charge is 0.478 e. The number of carboxylic acids is 1. The van der Waals surface area contributed by atoms with Crippen LogP contribution in [-0.4, -0.2) is 11.1 Å². The summed E-state index contributed by atoms with van der Waals surface area (Å²) in [7, 11) is 0. The molecule has 1 aromatic rings. The van der Waals surface area contributed by atoms with Crippen LogP contribution in [0, 0.1) is 5.82 Å². The minimum atomic E-state index is -1.14. The topological polar surface area (TPSA) is 37.3 Å². The average Bonchev–Trinajstić information content (AvgIpc) is 1.94. The minimum Gasteiger partial charge on any atom is -0.478 e. The second-order valence-corrected chi connectivity index (χ2v) is 2.78. The van der Waals surface area contributed by atoms with E-state index in [0.717, 1.165) is 6.07 Å². The Balaban J connectivity index is 3.23. The van der Waals surface area contributed by atoms with E-state index >= 15 is 0 Å². The van der Waals surface area contributed by atoms with Crippen LogP contribution < -0.4 is 0 Å². The van der Waals surface area contributed by atoms with Crippen LogP contribution in [0.15, 0.2) is 22.7 Å². The number of rotatable bonds is 1. The van der Waals surface area contributed by atoms with Crippen molar-refractivity contribution in [3.05, 3.63) is 34.1 Å². The summed E-state index contributed by atoms with van der Waals surface area (Å²) in [5, 5.41) is 8.49. The van der Waals surface area contributed by atoms with Crippen molar-refractivity contribution < 1.29 is 14.3 Å². The predicted molar refractivity (Wildman–Crippen MR) is 41.1 cm³/mol. The first-order valence-electron chi connectivity index (χ1n) is 2.79. The molecule has 0 aliphatic rings. The molecule has 4 heteroatoms. The first-order chi connectivity index (χ1) is 5.11. The monoisotopic (exact) mass is 220 g/mol. The number of carboxylic acid groups (broad SMARTS) is 1. The lowest BCUT2D eigenvalue weighted by atomic mass is 10.3. The maximum Gasteiger partial charge on any atom is 0.336 e. The van der Waals surface area contributed by atoms with Crippen LogP contribution in [0.5, 0.6) is 0 Å². The molecule has 0 heterocycles. The van der Waals surface area contributed by atoms with Gasteiger partial charge in [-0.2, -0.15) is 0 Å². The van der Waals surface area contributed by atoms with Gasteiger partial charge in [0.25, 0.3) is 0 Å². The van der Waals surface area contributed by atoms with Crippen molar-refractivity contribution in [3.63, 3.8) is 0 Å². The maximum atomic E-state index is 12.4. The van der Waals surface area contributed by atoms with E-state index in [1.54, 1.807) is 0 Å². The normalized spacial score (nSPS) is 9.64. The molecule has 0 radical (unpaired) electrons. The fourth-order valence-corrected chi connectivity index (χ4v) is 1.08. The van der Waals surface area contributed by atoms with Crippen LogP contribution in [0.3, 0.4) is 0 Å². The van der Waals surface area contributed by atoms with Gasteiger partial charge in [-0.15, -0.1) is 0 Å². The van der Waals surface area contributed by atoms with Gasteiger partial charge in [-0.25, -0.2) is 9.18 Å². The summed E-state index contributed by atoms with van der Waals surface area (Å²) in [5.41, 5.74) is -0.0648. The molecule has 58 valence electrons. The molecule has 0 aliphatic heterocycles. The summed E-state index contributed by atoms with van der Waals surface area (Å²) in [6.45, 7) is 0. The molecule has 0 spiro atoms. The zero-order valence-corrected chi connectivity index (χ0v) is 6.93. The molecule has 2 nitrogen and oxygen atoms in total. The van der Waals surface area contributed by atoms with Gasteiger partial charge in [-0.3, -0.25) is 0 Å². The Bertz CT molecular complexity index is 298. The second kappa shape index (κ2) is 3.00. The smallest absolute Gasteiger partial charge is 0.336 e. The van der Waals surface area contributed by atoms with Crippen molar-refractivity contribution in [1.29, 1.82) is 0 Å². The molecule has 11 heavy (non-hydrogen) atoms. The Kier molecular flexibility index (Phi) is 2.24. The lowest BCUT2D eigenvalue weighted by Crippen LogP contribution is -1.97. The molecule has 0 unspecified atom stereocenters. The van der Waals surface area contributed by atoms with Gasteiger partial charge in [0.05, 0.1) is 5.56 Å². The summed E-state index contributed by atoms with van der Waals surface area (Å²) in [6.07, 6.45) is 0. The van der Waals surface area contributed by atoms with Gasteiger partial charge in [0.1, 0.15) is 5.82 Å². The summed E-state index contributed by atoms with van der Waals surface area (Å²) in [6, 6.07) is 3.52. The first kappa shape index (κ1) is 8.20. The van der Waals surface area contributed by atoms with E-state index in [0.29, 0.717) is 4.47 Å².